The number of aliphatic hydroxyl groups is 1. The molecule has 5 heteroatoms. The third-order valence-electron chi connectivity index (χ3n) is 6.72. The molecule has 0 aromatic heterocycles. The van der Waals surface area contributed by atoms with Gasteiger partial charge in [-0.3, -0.25) is 9.59 Å². The van der Waals surface area contributed by atoms with Gasteiger partial charge in [0.15, 0.2) is 5.78 Å². The lowest BCUT2D eigenvalue weighted by atomic mass is 9.89. The summed E-state index contributed by atoms with van der Waals surface area (Å²) in [5.74, 6) is -0.268. The topological polar surface area (TPSA) is 72.8 Å². The number of carbonyl (C=O) groups is 2. The quantitative estimate of drug-likeness (QED) is 0.501. The Morgan fingerprint density at radius 3 is 2.43 bits per heavy atom. The van der Waals surface area contributed by atoms with Crippen molar-refractivity contribution in [1.82, 2.24) is 0 Å². The van der Waals surface area contributed by atoms with E-state index in [-0.39, 0.29) is 41.9 Å². The first kappa shape index (κ1) is 25.1. The molecular formula is C25H42O5. The summed E-state index contributed by atoms with van der Waals surface area (Å²) in [5.41, 5.74) is 0.897. The Labute approximate surface area is 182 Å². The Balaban J connectivity index is 2.09. The van der Waals surface area contributed by atoms with Crippen molar-refractivity contribution in [1.29, 1.82) is 0 Å². The average molecular weight is 423 g/mol. The van der Waals surface area contributed by atoms with Crippen LogP contribution in [0.5, 0.6) is 0 Å². The molecule has 1 unspecified atom stereocenters. The Morgan fingerprint density at radius 1 is 1.03 bits per heavy atom. The number of hydrogen-bond donors (Lipinski definition) is 1. The summed E-state index contributed by atoms with van der Waals surface area (Å²) in [6, 6.07) is 0. The molecule has 2 fully saturated rings. The number of aliphatic hydroxyl groups excluding tert-OH is 1. The number of hydrogen-bond acceptors (Lipinski definition) is 5. The number of ether oxygens (including phenoxy) is 2. The van der Waals surface area contributed by atoms with Crippen LogP contribution in [0, 0.1) is 17.8 Å². The predicted octanol–water partition coefficient (Wildman–Crippen LogP) is 4.99. The van der Waals surface area contributed by atoms with Crippen LogP contribution in [0.15, 0.2) is 12.2 Å². The van der Waals surface area contributed by atoms with Crippen LogP contribution in [0.2, 0.25) is 0 Å². The maximum absolute atomic E-state index is 12.7. The second-order valence-electron chi connectivity index (χ2n) is 9.76. The van der Waals surface area contributed by atoms with Crippen LogP contribution in [-0.4, -0.2) is 41.3 Å². The standard InChI is InChI=1S/C25H42O5/c1-6-9-20-13-16(2)12-19(5)24(27)22(26)15-21-14-18(4)23(29-21)11-8-7-10-17(3)25(28)30-20/h17-23,26H,2,6-15H2,1,3-5H3/t17-,18-,19-,20?,21+,22-,23-/m0/s1. The van der Waals surface area contributed by atoms with Gasteiger partial charge >= 0.3 is 5.97 Å². The highest BCUT2D eigenvalue weighted by Gasteiger charge is 2.35. The largest absolute Gasteiger partial charge is 0.462 e. The van der Waals surface area contributed by atoms with E-state index in [1.54, 1.807) is 0 Å². The van der Waals surface area contributed by atoms with Gasteiger partial charge in [0, 0.05) is 18.8 Å². The minimum atomic E-state index is -0.993. The minimum absolute atomic E-state index is 0.0546. The third kappa shape index (κ3) is 7.49. The maximum atomic E-state index is 12.7. The smallest absolute Gasteiger partial charge is 0.308 e. The molecule has 0 amide bonds. The summed E-state index contributed by atoms with van der Waals surface area (Å²) >= 11 is 0. The van der Waals surface area contributed by atoms with Crippen LogP contribution in [-0.2, 0) is 19.1 Å². The van der Waals surface area contributed by atoms with E-state index in [2.05, 4.69) is 20.4 Å². The second kappa shape index (κ2) is 12.0. The van der Waals surface area contributed by atoms with Crippen molar-refractivity contribution in [3.63, 3.8) is 0 Å². The van der Waals surface area contributed by atoms with Crippen LogP contribution < -0.4 is 0 Å². The first-order valence-electron chi connectivity index (χ1n) is 12.0. The monoisotopic (exact) mass is 422 g/mol. The SMILES string of the molecule is C=C1CC(CCC)OC(=O)[C@@H](C)CCCC[C@@H]2O[C@@H](C[C@H](O)C(=O)[C@@H](C)C1)C[C@@H]2C. The third-order valence-corrected chi connectivity index (χ3v) is 6.72. The zero-order valence-electron chi connectivity index (χ0n) is 19.4. The van der Waals surface area contributed by atoms with Crippen molar-refractivity contribution in [3.05, 3.63) is 12.2 Å². The van der Waals surface area contributed by atoms with Gasteiger partial charge in [0.25, 0.3) is 0 Å². The van der Waals surface area contributed by atoms with Crippen LogP contribution in [0.25, 0.3) is 0 Å². The van der Waals surface area contributed by atoms with Crippen molar-refractivity contribution in [2.75, 3.05) is 0 Å². The molecule has 0 aliphatic carbocycles. The lowest BCUT2D eigenvalue weighted by molar-refractivity contribution is -0.154. The highest BCUT2D eigenvalue weighted by atomic mass is 16.5. The molecule has 2 aliphatic rings. The number of ketones is 1. The van der Waals surface area contributed by atoms with Crippen molar-refractivity contribution in [2.45, 2.75) is 116 Å². The molecule has 0 saturated carbocycles. The second-order valence-corrected chi connectivity index (χ2v) is 9.76. The Kier molecular flexibility index (Phi) is 10.0. The zero-order chi connectivity index (χ0) is 22.3. The molecule has 2 heterocycles. The van der Waals surface area contributed by atoms with Crippen molar-refractivity contribution < 1.29 is 24.2 Å². The number of fused-ring (bicyclic) bond motifs is 2. The van der Waals surface area contributed by atoms with E-state index >= 15 is 0 Å². The van der Waals surface area contributed by atoms with Gasteiger partial charge in [-0.25, -0.2) is 0 Å². The zero-order valence-corrected chi connectivity index (χ0v) is 19.4. The highest BCUT2D eigenvalue weighted by Crippen LogP contribution is 2.33. The molecule has 0 radical (unpaired) electrons. The lowest BCUT2D eigenvalue weighted by Crippen LogP contribution is -2.31. The van der Waals surface area contributed by atoms with Crippen LogP contribution in [0.4, 0.5) is 0 Å². The highest BCUT2D eigenvalue weighted by molar-refractivity contribution is 5.85. The summed E-state index contributed by atoms with van der Waals surface area (Å²) in [6.45, 7) is 12.2. The number of cyclic esters (lactones) is 1. The molecule has 2 bridgehead atoms. The number of esters is 1. The van der Waals surface area contributed by atoms with Gasteiger partial charge in [0.2, 0.25) is 0 Å². The van der Waals surface area contributed by atoms with Gasteiger partial charge in [-0.15, -0.1) is 0 Å². The minimum Gasteiger partial charge on any atom is -0.462 e. The summed E-state index contributed by atoms with van der Waals surface area (Å²) in [4.78, 5) is 25.3. The Morgan fingerprint density at radius 2 is 1.73 bits per heavy atom. The van der Waals surface area contributed by atoms with Crippen molar-refractivity contribution in [3.8, 4) is 0 Å². The van der Waals surface area contributed by atoms with E-state index in [1.165, 1.54) is 0 Å². The Hall–Kier alpha value is -1.20. The van der Waals surface area contributed by atoms with E-state index in [0.29, 0.717) is 25.2 Å². The van der Waals surface area contributed by atoms with Gasteiger partial charge in [0.05, 0.1) is 18.1 Å². The molecular weight excluding hydrogens is 380 g/mol. The van der Waals surface area contributed by atoms with E-state index in [0.717, 1.165) is 50.5 Å². The number of rotatable bonds is 2. The molecule has 1 N–H and O–H groups in total. The van der Waals surface area contributed by atoms with Crippen LogP contribution in [0.3, 0.4) is 0 Å². The summed E-state index contributed by atoms with van der Waals surface area (Å²) in [5, 5.41) is 10.5. The van der Waals surface area contributed by atoms with Gasteiger partial charge in [-0.2, -0.15) is 0 Å². The first-order valence-corrected chi connectivity index (χ1v) is 12.0. The van der Waals surface area contributed by atoms with E-state index in [1.807, 2.05) is 13.8 Å². The molecule has 0 spiro atoms. The van der Waals surface area contributed by atoms with Gasteiger partial charge < -0.3 is 14.6 Å². The number of Topliss-reactive ketones (excluding diaryl/α,β-unsaturated/α-hetero) is 1. The van der Waals surface area contributed by atoms with E-state index < -0.39 is 6.10 Å². The molecule has 5 nitrogen and oxygen atoms in total. The molecule has 7 atom stereocenters. The maximum Gasteiger partial charge on any atom is 0.308 e. The summed E-state index contributed by atoms with van der Waals surface area (Å²) in [6.07, 6.45) is 6.76. The molecule has 2 saturated heterocycles. The fraction of sp³-hybridized carbons (Fsp3) is 0.840. The van der Waals surface area contributed by atoms with Gasteiger partial charge in [-0.05, 0) is 38.0 Å². The first-order chi connectivity index (χ1) is 14.2. The number of carbonyl (C=O) groups excluding carboxylic acids is 2. The molecule has 172 valence electrons. The molecule has 0 aromatic carbocycles. The average Bonchev–Trinajstić information content (AvgIpc) is 3.02. The van der Waals surface area contributed by atoms with Crippen molar-refractivity contribution in [2.24, 2.45) is 17.8 Å². The van der Waals surface area contributed by atoms with Gasteiger partial charge in [-0.1, -0.05) is 59.1 Å². The fourth-order valence-electron chi connectivity index (χ4n) is 4.86. The Bertz CT molecular complexity index is 586. The summed E-state index contributed by atoms with van der Waals surface area (Å²) < 4.78 is 12.0. The fourth-order valence-corrected chi connectivity index (χ4v) is 4.86. The molecule has 2 rings (SSSR count). The van der Waals surface area contributed by atoms with E-state index in [9.17, 15) is 14.7 Å². The van der Waals surface area contributed by atoms with Crippen molar-refractivity contribution >= 4 is 11.8 Å². The lowest BCUT2D eigenvalue weighted by Gasteiger charge is -2.23. The van der Waals surface area contributed by atoms with Gasteiger partial charge in [0.1, 0.15) is 12.2 Å². The van der Waals surface area contributed by atoms with E-state index in [4.69, 9.17) is 9.47 Å². The molecule has 2 aliphatic heterocycles. The van der Waals surface area contributed by atoms with Crippen LogP contribution in [0.1, 0.15) is 91.9 Å². The summed E-state index contributed by atoms with van der Waals surface area (Å²) in [7, 11) is 0. The van der Waals surface area contributed by atoms with Crippen LogP contribution >= 0.6 is 0 Å². The molecule has 30 heavy (non-hydrogen) atoms. The predicted molar refractivity (Wildman–Crippen MR) is 118 cm³/mol. The normalized spacial score (nSPS) is 38.0. The molecule has 0 aromatic rings.